The van der Waals surface area contributed by atoms with Crippen molar-refractivity contribution >= 4 is 5.69 Å². The Hall–Kier alpha value is -3.33. The third-order valence-corrected chi connectivity index (χ3v) is 4.25. The van der Waals surface area contributed by atoms with E-state index in [1.807, 2.05) is 0 Å². The fraction of sp³-hybridized carbons (Fsp3) is 0.278. The number of halogens is 4. The molecule has 2 aromatic rings. The maximum absolute atomic E-state index is 13.7. The van der Waals surface area contributed by atoms with Crippen molar-refractivity contribution in [1.29, 1.82) is 10.5 Å². The number of fused-ring (bicyclic) bond motifs is 1. The minimum atomic E-state index is -4.59. The van der Waals surface area contributed by atoms with Crippen molar-refractivity contribution in [2.24, 2.45) is 0 Å². The highest BCUT2D eigenvalue weighted by molar-refractivity contribution is 5.64. The molecule has 0 spiro atoms. The van der Waals surface area contributed by atoms with Crippen LogP contribution in [0.25, 0.3) is 5.69 Å². The van der Waals surface area contributed by atoms with Gasteiger partial charge in [0.1, 0.15) is 23.5 Å². The average molecular weight is 375 g/mol. The first kappa shape index (κ1) is 18.5. The van der Waals surface area contributed by atoms with Crippen molar-refractivity contribution in [2.45, 2.75) is 31.9 Å². The molecule has 3 rings (SSSR count). The lowest BCUT2D eigenvalue weighted by Gasteiger charge is -2.16. The van der Waals surface area contributed by atoms with Gasteiger partial charge in [-0.05, 0) is 43.9 Å². The van der Waals surface area contributed by atoms with Crippen molar-refractivity contribution in [2.75, 3.05) is 5.32 Å². The molecule has 1 aliphatic carbocycles. The number of alkyl halides is 3. The van der Waals surface area contributed by atoms with E-state index in [1.165, 1.54) is 10.7 Å². The second-order valence-electron chi connectivity index (χ2n) is 5.98. The fourth-order valence-corrected chi connectivity index (χ4v) is 3.07. The highest BCUT2D eigenvalue weighted by atomic mass is 19.4. The van der Waals surface area contributed by atoms with E-state index in [2.05, 4.69) is 10.4 Å². The summed E-state index contributed by atoms with van der Waals surface area (Å²) < 4.78 is 55.0. The molecule has 9 heteroatoms. The van der Waals surface area contributed by atoms with Crippen LogP contribution in [0, 0.1) is 28.5 Å². The molecule has 0 atom stereocenters. The lowest BCUT2D eigenvalue weighted by atomic mass is 9.95. The second-order valence-corrected chi connectivity index (χ2v) is 5.98. The first-order chi connectivity index (χ1) is 12.8. The first-order valence-electron chi connectivity index (χ1n) is 8.10. The van der Waals surface area contributed by atoms with E-state index in [9.17, 15) is 17.6 Å². The molecule has 27 heavy (non-hydrogen) atoms. The van der Waals surface area contributed by atoms with Gasteiger partial charge in [0.15, 0.2) is 5.69 Å². The Bertz CT molecular complexity index is 973. The monoisotopic (exact) mass is 375 g/mol. The molecule has 1 aromatic carbocycles. The van der Waals surface area contributed by atoms with Crippen LogP contribution in [0.4, 0.5) is 23.2 Å². The van der Waals surface area contributed by atoms with Crippen LogP contribution in [-0.4, -0.2) is 9.78 Å². The number of nitrogens with zero attached hydrogens (tertiary/aromatic N) is 4. The predicted octanol–water partition coefficient (Wildman–Crippen LogP) is 4.25. The number of hydrogen-bond acceptors (Lipinski definition) is 4. The Morgan fingerprint density at radius 3 is 2.56 bits per heavy atom. The summed E-state index contributed by atoms with van der Waals surface area (Å²) in [5.74, 6) is -0.623. The number of hydrogen-bond donors (Lipinski definition) is 1. The van der Waals surface area contributed by atoms with Gasteiger partial charge in [0.05, 0.1) is 11.4 Å². The lowest BCUT2D eigenvalue weighted by Crippen LogP contribution is -2.11. The molecule has 1 aliphatic rings. The average Bonchev–Trinajstić information content (AvgIpc) is 3.03. The Morgan fingerprint density at radius 1 is 1.19 bits per heavy atom. The van der Waals surface area contributed by atoms with Crippen LogP contribution in [-0.2, 0) is 19.0 Å². The number of aromatic nitrogens is 2. The molecule has 0 bridgehead atoms. The number of nitrogens with one attached hydrogen (secondary N) is 1. The number of nitriles is 2. The second kappa shape index (κ2) is 7.12. The normalized spacial score (nSPS) is 13.3. The Labute approximate surface area is 152 Å². The molecule has 0 radical (unpaired) electrons. The van der Waals surface area contributed by atoms with E-state index in [0.29, 0.717) is 18.5 Å². The van der Waals surface area contributed by atoms with E-state index in [1.54, 1.807) is 12.1 Å². The van der Waals surface area contributed by atoms with E-state index in [0.717, 1.165) is 24.8 Å². The molecule has 0 saturated heterocycles. The molecule has 1 N–H and O–H groups in total. The van der Waals surface area contributed by atoms with Crippen LogP contribution in [0.15, 0.2) is 30.0 Å². The van der Waals surface area contributed by atoms with E-state index in [-0.39, 0.29) is 28.9 Å². The van der Waals surface area contributed by atoms with Gasteiger partial charge >= 0.3 is 6.18 Å². The molecule has 0 fully saturated rings. The third-order valence-electron chi connectivity index (χ3n) is 4.25. The molecule has 1 heterocycles. The number of allylic oxidation sites excluding steroid dienone is 1. The third kappa shape index (κ3) is 3.63. The number of benzene rings is 1. The highest BCUT2D eigenvalue weighted by Crippen LogP contribution is 2.37. The molecular formula is C18H13F4N5. The zero-order valence-corrected chi connectivity index (χ0v) is 13.9. The van der Waals surface area contributed by atoms with Gasteiger partial charge in [-0.25, -0.2) is 9.07 Å². The van der Waals surface area contributed by atoms with Gasteiger partial charge in [-0.3, -0.25) is 0 Å². The van der Waals surface area contributed by atoms with E-state index < -0.39 is 17.7 Å². The highest BCUT2D eigenvalue weighted by Gasteiger charge is 2.39. The molecule has 0 amide bonds. The van der Waals surface area contributed by atoms with Gasteiger partial charge in [0.25, 0.3) is 0 Å². The van der Waals surface area contributed by atoms with Crippen LogP contribution in [0.1, 0.15) is 29.8 Å². The summed E-state index contributed by atoms with van der Waals surface area (Å²) >= 11 is 0. The van der Waals surface area contributed by atoms with Crippen molar-refractivity contribution in [3.05, 3.63) is 52.7 Å². The minimum absolute atomic E-state index is 0.0996. The summed E-state index contributed by atoms with van der Waals surface area (Å²) in [7, 11) is 0. The zero-order valence-electron chi connectivity index (χ0n) is 13.9. The number of rotatable bonds is 3. The molecule has 1 aromatic heterocycles. The first-order valence-corrected chi connectivity index (χ1v) is 8.10. The lowest BCUT2D eigenvalue weighted by molar-refractivity contribution is -0.142. The van der Waals surface area contributed by atoms with Gasteiger partial charge in [-0.2, -0.15) is 28.8 Å². The van der Waals surface area contributed by atoms with Gasteiger partial charge in [0.2, 0.25) is 0 Å². The summed E-state index contributed by atoms with van der Waals surface area (Å²) in [6.07, 6.45) is -1.44. The van der Waals surface area contributed by atoms with Crippen LogP contribution in [0.2, 0.25) is 0 Å². The molecule has 0 aliphatic heterocycles. The van der Waals surface area contributed by atoms with Crippen molar-refractivity contribution in [1.82, 2.24) is 9.78 Å². The summed E-state index contributed by atoms with van der Waals surface area (Å²) in [5, 5.41) is 24.0. The minimum Gasteiger partial charge on any atom is -0.358 e. The molecule has 5 nitrogen and oxygen atoms in total. The van der Waals surface area contributed by atoms with E-state index in [4.69, 9.17) is 10.5 Å². The van der Waals surface area contributed by atoms with Crippen LogP contribution in [0.5, 0.6) is 0 Å². The largest absolute Gasteiger partial charge is 0.435 e. The summed E-state index contributed by atoms with van der Waals surface area (Å²) in [6, 6.07) is 6.78. The fourth-order valence-electron chi connectivity index (χ4n) is 3.07. The molecule has 0 saturated carbocycles. The maximum Gasteiger partial charge on any atom is 0.435 e. The smallest absolute Gasteiger partial charge is 0.358 e. The molecular weight excluding hydrogens is 362 g/mol. The van der Waals surface area contributed by atoms with Gasteiger partial charge in [0, 0.05) is 17.5 Å². The summed E-state index contributed by atoms with van der Waals surface area (Å²) in [4.78, 5) is 0. The van der Waals surface area contributed by atoms with E-state index >= 15 is 0 Å². The van der Waals surface area contributed by atoms with Gasteiger partial charge in [-0.15, -0.1) is 0 Å². The Balaban J connectivity index is 2.15. The summed E-state index contributed by atoms with van der Waals surface area (Å²) in [6.45, 7) is 0. The Morgan fingerprint density at radius 2 is 1.89 bits per heavy atom. The Kier molecular flexibility index (Phi) is 4.87. The maximum atomic E-state index is 13.7. The van der Waals surface area contributed by atoms with Crippen molar-refractivity contribution in [3.8, 4) is 17.8 Å². The standard InChI is InChI=1S/C18H13F4N5/c19-12-5-6-16(14(7-12)25-10-11(8-23)9-24)27-15-4-2-1-3-13(15)17(26-27)18(20,21)22/h5-7,10,25H,1-4H2. The molecule has 0 unspecified atom stereocenters. The topological polar surface area (TPSA) is 77.4 Å². The molecule has 138 valence electrons. The SMILES string of the molecule is N#CC(C#N)=CNc1cc(F)ccc1-n1nc(C(F)(F)F)c2c1CCCC2. The van der Waals surface area contributed by atoms with Crippen LogP contribution < -0.4 is 5.32 Å². The van der Waals surface area contributed by atoms with Crippen LogP contribution >= 0.6 is 0 Å². The zero-order chi connectivity index (χ0) is 19.6. The van der Waals surface area contributed by atoms with Crippen LogP contribution in [0.3, 0.4) is 0 Å². The summed E-state index contributed by atoms with van der Waals surface area (Å²) in [5.41, 5.74) is -0.289. The van der Waals surface area contributed by atoms with Gasteiger partial charge < -0.3 is 5.32 Å². The van der Waals surface area contributed by atoms with Crippen molar-refractivity contribution < 1.29 is 17.6 Å². The predicted molar refractivity (Wildman–Crippen MR) is 88.1 cm³/mol. The van der Waals surface area contributed by atoms with Crippen molar-refractivity contribution in [3.63, 3.8) is 0 Å². The number of anilines is 1. The quantitative estimate of drug-likeness (QED) is 0.643. The van der Waals surface area contributed by atoms with Gasteiger partial charge in [-0.1, -0.05) is 0 Å².